The van der Waals surface area contributed by atoms with Gasteiger partial charge in [0, 0.05) is 56.1 Å². The van der Waals surface area contributed by atoms with Crippen molar-refractivity contribution in [2.45, 2.75) is 0 Å². The van der Waals surface area contributed by atoms with E-state index in [9.17, 15) is 0 Å². The van der Waals surface area contributed by atoms with Crippen molar-refractivity contribution in [1.29, 1.82) is 0 Å². The van der Waals surface area contributed by atoms with Gasteiger partial charge in [-0.05, 0) is 60.7 Å². The molecular formula is C41H24N6. The first kappa shape index (κ1) is 24.8. The maximum atomic E-state index is 5.14. The highest BCUT2D eigenvalue weighted by atomic mass is 15.1. The number of para-hydroxylation sites is 3. The van der Waals surface area contributed by atoms with Gasteiger partial charge in [0.05, 0.1) is 44.8 Å². The summed E-state index contributed by atoms with van der Waals surface area (Å²) in [6.45, 7) is 0. The van der Waals surface area contributed by atoms with Gasteiger partial charge >= 0.3 is 0 Å². The molecule has 0 unspecified atom stereocenters. The highest BCUT2D eigenvalue weighted by Crippen LogP contribution is 2.45. The second kappa shape index (κ2) is 9.02. The zero-order chi connectivity index (χ0) is 30.6. The monoisotopic (exact) mass is 600 g/mol. The summed E-state index contributed by atoms with van der Waals surface area (Å²) in [4.78, 5) is 14.6. The molecule has 0 aliphatic rings. The fourth-order valence-electron chi connectivity index (χ4n) is 7.89. The lowest BCUT2D eigenvalue weighted by Crippen LogP contribution is -1.98. The van der Waals surface area contributed by atoms with Gasteiger partial charge < -0.3 is 9.13 Å². The van der Waals surface area contributed by atoms with Crippen LogP contribution in [-0.2, 0) is 0 Å². The smallest absolute Gasteiger partial charge is 0.146 e. The van der Waals surface area contributed by atoms with Crippen LogP contribution in [0.1, 0.15) is 0 Å². The predicted molar refractivity (Wildman–Crippen MR) is 192 cm³/mol. The van der Waals surface area contributed by atoms with Crippen molar-refractivity contribution in [3.8, 4) is 11.4 Å². The normalized spacial score (nSPS) is 12.3. The fourth-order valence-corrected chi connectivity index (χ4v) is 7.89. The van der Waals surface area contributed by atoms with E-state index in [-0.39, 0.29) is 0 Å². The van der Waals surface area contributed by atoms with Crippen LogP contribution in [0.15, 0.2) is 146 Å². The Kier molecular flexibility index (Phi) is 4.75. The molecule has 6 nitrogen and oxygen atoms in total. The summed E-state index contributed by atoms with van der Waals surface area (Å²) in [5.74, 6) is 0. The van der Waals surface area contributed by atoms with E-state index in [4.69, 9.17) is 9.97 Å². The third kappa shape index (κ3) is 3.16. The molecule has 0 spiro atoms. The summed E-state index contributed by atoms with van der Waals surface area (Å²) in [5.41, 5.74) is 11.7. The van der Waals surface area contributed by atoms with Crippen LogP contribution in [0.25, 0.3) is 93.5 Å². The van der Waals surface area contributed by atoms with Gasteiger partial charge in [-0.15, -0.1) is 0 Å². The zero-order valence-corrected chi connectivity index (χ0v) is 25.0. The minimum Gasteiger partial charge on any atom is -0.307 e. The Morgan fingerprint density at radius 2 is 1.13 bits per heavy atom. The molecule has 0 fully saturated rings. The average molecular weight is 601 g/mol. The third-order valence-corrected chi connectivity index (χ3v) is 9.72. The summed E-state index contributed by atoms with van der Waals surface area (Å²) in [7, 11) is 0. The lowest BCUT2D eigenvalue weighted by molar-refractivity contribution is 1.15. The minimum atomic E-state index is 0.867. The van der Waals surface area contributed by atoms with Gasteiger partial charge in [-0.2, -0.15) is 0 Å². The number of aromatic nitrogens is 6. The van der Waals surface area contributed by atoms with E-state index in [1.165, 1.54) is 32.6 Å². The molecule has 218 valence electrons. The molecule has 0 aliphatic carbocycles. The van der Waals surface area contributed by atoms with Crippen LogP contribution in [0, 0.1) is 0 Å². The van der Waals surface area contributed by atoms with Crippen LogP contribution < -0.4 is 0 Å². The van der Waals surface area contributed by atoms with Crippen molar-refractivity contribution < 1.29 is 0 Å². The van der Waals surface area contributed by atoms with Crippen LogP contribution >= 0.6 is 0 Å². The van der Waals surface area contributed by atoms with E-state index in [1.807, 2.05) is 30.7 Å². The maximum absolute atomic E-state index is 5.14. The number of hydrogen-bond acceptors (Lipinski definition) is 3. The van der Waals surface area contributed by atoms with Gasteiger partial charge in [0.2, 0.25) is 0 Å². The lowest BCUT2D eigenvalue weighted by atomic mass is 10.0. The molecule has 6 heteroatoms. The van der Waals surface area contributed by atoms with E-state index in [0.29, 0.717) is 0 Å². The van der Waals surface area contributed by atoms with Crippen molar-refractivity contribution in [2.75, 3.05) is 0 Å². The van der Waals surface area contributed by atoms with E-state index in [0.717, 1.165) is 60.9 Å². The van der Waals surface area contributed by atoms with Crippen molar-refractivity contribution in [2.24, 2.45) is 0 Å². The number of benzene rings is 5. The first-order valence-electron chi connectivity index (χ1n) is 15.8. The summed E-state index contributed by atoms with van der Waals surface area (Å²) in [6, 6.07) is 45.4. The van der Waals surface area contributed by atoms with Crippen LogP contribution in [0.4, 0.5) is 0 Å². The van der Waals surface area contributed by atoms with Crippen LogP contribution in [0.5, 0.6) is 0 Å². The number of fused-ring (bicyclic) bond motifs is 16. The predicted octanol–water partition coefficient (Wildman–Crippen LogP) is 9.78. The van der Waals surface area contributed by atoms with Gasteiger partial charge in [-0.1, -0.05) is 66.7 Å². The first-order chi connectivity index (χ1) is 23.4. The number of nitrogens with zero attached hydrogens (tertiary/aromatic N) is 6. The van der Waals surface area contributed by atoms with Crippen molar-refractivity contribution in [1.82, 2.24) is 28.5 Å². The van der Waals surface area contributed by atoms with Crippen molar-refractivity contribution in [3.63, 3.8) is 0 Å². The highest BCUT2D eigenvalue weighted by molar-refractivity contribution is 6.33. The topological polar surface area (TPSA) is 52.9 Å². The van der Waals surface area contributed by atoms with Gasteiger partial charge in [-0.3, -0.25) is 14.4 Å². The van der Waals surface area contributed by atoms with Gasteiger partial charge in [-0.25, -0.2) is 4.98 Å². The molecule has 0 radical (unpaired) electrons. The number of imidazole rings is 1. The second-order valence-corrected chi connectivity index (χ2v) is 12.1. The molecule has 0 bridgehead atoms. The molecule has 47 heavy (non-hydrogen) atoms. The second-order valence-electron chi connectivity index (χ2n) is 12.1. The zero-order valence-electron chi connectivity index (χ0n) is 25.0. The Morgan fingerprint density at radius 1 is 0.447 bits per heavy atom. The van der Waals surface area contributed by atoms with Crippen LogP contribution in [0.3, 0.4) is 0 Å². The molecular weight excluding hydrogens is 576 g/mol. The maximum Gasteiger partial charge on any atom is 0.146 e. The molecule has 0 saturated carbocycles. The molecule has 0 aliphatic heterocycles. The number of pyridine rings is 3. The van der Waals surface area contributed by atoms with E-state index >= 15 is 0 Å². The molecule has 11 rings (SSSR count). The molecule has 11 aromatic rings. The molecule has 0 atom stereocenters. The first-order valence-corrected chi connectivity index (χ1v) is 15.8. The van der Waals surface area contributed by atoms with Crippen molar-refractivity contribution >= 4 is 82.1 Å². The van der Waals surface area contributed by atoms with Gasteiger partial charge in [0.25, 0.3) is 0 Å². The summed E-state index contributed by atoms with van der Waals surface area (Å²) in [6.07, 6.45) is 5.57. The van der Waals surface area contributed by atoms with E-state index in [2.05, 4.69) is 134 Å². The number of hydrogen-bond donors (Lipinski definition) is 0. The minimum absolute atomic E-state index is 0.867. The largest absolute Gasteiger partial charge is 0.307 e. The Hall–Kier alpha value is -6.53. The SMILES string of the molecule is c1ccc(-n2c3ccccc3c3ccc4c5c6c(ccc5n(-c5ccccc5)c4c32)c2nc3cnccc3n2c2cccnc62)cc1. The van der Waals surface area contributed by atoms with Crippen molar-refractivity contribution in [3.05, 3.63) is 146 Å². The molecule has 0 amide bonds. The Bertz CT molecular complexity index is 3060. The quantitative estimate of drug-likeness (QED) is 0.186. The van der Waals surface area contributed by atoms with Gasteiger partial charge in [0.1, 0.15) is 11.2 Å². The molecule has 0 saturated heterocycles. The van der Waals surface area contributed by atoms with E-state index in [1.54, 1.807) is 0 Å². The third-order valence-electron chi connectivity index (χ3n) is 9.72. The Labute approximate surface area is 267 Å². The Morgan fingerprint density at radius 3 is 1.96 bits per heavy atom. The molecule has 6 aromatic heterocycles. The molecule has 0 N–H and O–H groups in total. The highest BCUT2D eigenvalue weighted by Gasteiger charge is 2.24. The number of rotatable bonds is 2. The summed E-state index contributed by atoms with van der Waals surface area (Å²) < 4.78 is 7.10. The summed E-state index contributed by atoms with van der Waals surface area (Å²) in [5, 5.41) is 6.97. The average Bonchev–Trinajstić information content (AvgIpc) is 3.80. The van der Waals surface area contributed by atoms with Crippen LogP contribution in [-0.4, -0.2) is 28.5 Å². The lowest BCUT2D eigenvalue weighted by Gasteiger charge is -2.12. The van der Waals surface area contributed by atoms with E-state index < -0.39 is 0 Å². The summed E-state index contributed by atoms with van der Waals surface area (Å²) >= 11 is 0. The Balaban J connectivity index is 1.45. The molecule has 6 heterocycles. The molecule has 5 aromatic carbocycles. The fraction of sp³-hybridized carbons (Fsp3) is 0. The van der Waals surface area contributed by atoms with Gasteiger partial charge in [0.15, 0.2) is 0 Å². The van der Waals surface area contributed by atoms with Crippen LogP contribution in [0.2, 0.25) is 0 Å². The standard InChI is InChI=1S/C41H24N6/c1-3-10-25(11-4-1)45-32-15-8-7-14-27(32)28-17-18-29-36-34(46(40(29)39(28)45)26-12-5-2-6-13-26)20-19-30-37(36)38-35(16-9-22-43-38)47-33-21-23-42-24-31(33)44-41(30)47/h1-24H.